The van der Waals surface area contributed by atoms with Gasteiger partial charge in [-0.1, -0.05) is 0 Å². The van der Waals surface area contributed by atoms with Crippen molar-refractivity contribution in [3.63, 3.8) is 0 Å². The zero-order valence-corrected chi connectivity index (χ0v) is 9.72. The molecular weight excluding hydrogens is 264 g/mol. The highest BCUT2D eigenvalue weighted by Crippen LogP contribution is 2.40. The molecule has 1 rings (SSSR count). The Labute approximate surface area is 101 Å². The second kappa shape index (κ2) is 5.24. The Balaban J connectivity index is 2.79. The average Bonchev–Trinajstić information content (AvgIpc) is 2.12. The predicted octanol–water partition coefficient (Wildman–Crippen LogP) is 2.57. The molecule has 0 aromatic carbocycles. The standard InChI is InChI=1S/C10H15F6NO/c1-17(5-9(11,12)13)8-4-6(18)2-3-7(8)10(14,15)16/h6-8,18H,2-5H2,1H3. The normalized spacial score (nSPS) is 30.8. The fourth-order valence-electron chi connectivity index (χ4n) is 2.39. The Morgan fingerprint density at radius 1 is 1.11 bits per heavy atom. The van der Waals surface area contributed by atoms with Crippen LogP contribution in [0, 0.1) is 5.92 Å². The third kappa shape index (κ3) is 4.31. The van der Waals surface area contributed by atoms with Gasteiger partial charge in [0.05, 0.1) is 18.6 Å². The number of hydrogen-bond donors (Lipinski definition) is 1. The van der Waals surface area contributed by atoms with E-state index in [1.165, 1.54) is 0 Å². The van der Waals surface area contributed by atoms with E-state index >= 15 is 0 Å². The predicted molar refractivity (Wildman–Crippen MR) is 51.9 cm³/mol. The number of rotatable bonds is 2. The molecule has 0 aliphatic heterocycles. The van der Waals surface area contributed by atoms with Crippen molar-refractivity contribution in [1.29, 1.82) is 0 Å². The highest BCUT2D eigenvalue weighted by Gasteiger charge is 2.49. The topological polar surface area (TPSA) is 23.5 Å². The summed E-state index contributed by atoms with van der Waals surface area (Å²) in [5.41, 5.74) is 0. The molecule has 0 heterocycles. The smallest absolute Gasteiger partial charge is 0.393 e. The van der Waals surface area contributed by atoms with E-state index in [0.29, 0.717) is 4.90 Å². The first-order chi connectivity index (χ1) is 8.00. The van der Waals surface area contributed by atoms with Gasteiger partial charge >= 0.3 is 12.4 Å². The Bertz CT molecular complexity index is 277. The first-order valence-electron chi connectivity index (χ1n) is 5.52. The lowest BCUT2D eigenvalue weighted by Gasteiger charge is -2.40. The largest absolute Gasteiger partial charge is 0.401 e. The second-order valence-electron chi connectivity index (χ2n) is 4.71. The zero-order valence-electron chi connectivity index (χ0n) is 9.72. The van der Waals surface area contributed by atoms with Crippen LogP contribution in [0.25, 0.3) is 0 Å². The third-order valence-corrected chi connectivity index (χ3v) is 3.20. The van der Waals surface area contributed by atoms with Gasteiger partial charge in [0.15, 0.2) is 0 Å². The maximum Gasteiger partial charge on any atom is 0.401 e. The summed E-state index contributed by atoms with van der Waals surface area (Å²) in [6, 6.07) is -1.32. The molecule has 2 nitrogen and oxygen atoms in total. The number of alkyl halides is 6. The van der Waals surface area contributed by atoms with Gasteiger partial charge in [-0.15, -0.1) is 0 Å². The van der Waals surface area contributed by atoms with Crippen LogP contribution in [-0.4, -0.2) is 48.1 Å². The maximum atomic E-state index is 12.7. The van der Waals surface area contributed by atoms with Crippen LogP contribution in [0.2, 0.25) is 0 Å². The van der Waals surface area contributed by atoms with Gasteiger partial charge in [0, 0.05) is 6.04 Å². The molecule has 3 unspecified atom stereocenters. The van der Waals surface area contributed by atoms with Crippen LogP contribution in [-0.2, 0) is 0 Å². The molecule has 0 aromatic rings. The van der Waals surface area contributed by atoms with Crippen molar-refractivity contribution >= 4 is 0 Å². The van der Waals surface area contributed by atoms with E-state index in [2.05, 4.69) is 0 Å². The van der Waals surface area contributed by atoms with Crippen LogP contribution in [0.15, 0.2) is 0 Å². The van der Waals surface area contributed by atoms with Crippen LogP contribution >= 0.6 is 0 Å². The van der Waals surface area contributed by atoms with E-state index in [1.54, 1.807) is 0 Å². The second-order valence-corrected chi connectivity index (χ2v) is 4.71. The number of aliphatic hydroxyl groups is 1. The Kier molecular flexibility index (Phi) is 4.53. The van der Waals surface area contributed by atoms with Crippen molar-refractivity contribution in [3.05, 3.63) is 0 Å². The number of hydrogen-bond acceptors (Lipinski definition) is 2. The summed E-state index contributed by atoms with van der Waals surface area (Å²) in [7, 11) is 1.01. The summed E-state index contributed by atoms with van der Waals surface area (Å²) in [6.07, 6.45) is -10.7. The minimum Gasteiger partial charge on any atom is -0.393 e. The lowest BCUT2D eigenvalue weighted by atomic mass is 9.81. The monoisotopic (exact) mass is 279 g/mol. The molecule has 1 aliphatic rings. The fourth-order valence-corrected chi connectivity index (χ4v) is 2.39. The van der Waals surface area contributed by atoms with Gasteiger partial charge in [-0.3, -0.25) is 4.90 Å². The first-order valence-corrected chi connectivity index (χ1v) is 5.52. The highest BCUT2D eigenvalue weighted by molar-refractivity contribution is 4.90. The van der Waals surface area contributed by atoms with Crippen molar-refractivity contribution in [3.8, 4) is 0 Å². The Morgan fingerprint density at radius 3 is 2.11 bits per heavy atom. The van der Waals surface area contributed by atoms with Crippen molar-refractivity contribution in [2.24, 2.45) is 5.92 Å². The molecule has 108 valence electrons. The lowest BCUT2D eigenvalue weighted by molar-refractivity contribution is -0.214. The van der Waals surface area contributed by atoms with E-state index in [-0.39, 0.29) is 19.3 Å². The first kappa shape index (κ1) is 15.6. The average molecular weight is 279 g/mol. The van der Waals surface area contributed by atoms with E-state index in [1.807, 2.05) is 0 Å². The molecule has 8 heteroatoms. The van der Waals surface area contributed by atoms with Gasteiger partial charge in [0.1, 0.15) is 0 Å². The summed E-state index contributed by atoms with van der Waals surface area (Å²) in [4.78, 5) is 0.639. The summed E-state index contributed by atoms with van der Waals surface area (Å²) >= 11 is 0. The van der Waals surface area contributed by atoms with E-state index in [0.717, 1.165) is 7.05 Å². The number of aliphatic hydroxyl groups excluding tert-OH is 1. The molecule has 3 atom stereocenters. The highest BCUT2D eigenvalue weighted by atomic mass is 19.4. The number of nitrogens with zero attached hydrogens (tertiary/aromatic N) is 1. The van der Waals surface area contributed by atoms with Crippen LogP contribution in [0.4, 0.5) is 26.3 Å². The van der Waals surface area contributed by atoms with E-state index in [4.69, 9.17) is 0 Å². The van der Waals surface area contributed by atoms with Crippen LogP contribution in [0.3, 0.4) is 0 Å². The van der Waals surface area contributed by atoms with Crippen LogP contribution in [0.1, 0.15) is 19.3 Å². The Morgan fingerprint density at radius 2 is 1.67 bits per heavy atom. The maximum absolute atomic E-state index is 12.7. The van der Waals surface area contributed by atoms with Gasteiger partial charge < -0.3 is 5.11 Å². The summed E-state index contributed by atoms with van der Waals surface area (Å²) in [5.74, 6) is -1.81. The molecule has 0 bridgehead atoms. The van der Waals surface area contributed by atoms with Gasteiger partial charge in [-0.25, -0.2) is 0 Å². The van der Waals surface area contributed by atoms with Crippen molar-refractivity contribution in [2.75, 3.05) is 13.6 Å². The minimum absolute atomic E-state index is 0.0272. The quantitative estimate of drug-likeness (QED) is 0.785. The van der Waals surface area contributed by atoms with Crippen LogP contribution in [0.5, 0.6) is 0 Å². The molecule has 0 aromatic heterocycles. The van der Waals surface area contributed by atoms with Gasteiger partial charge in [0.2, 0.25) is 0 Å². The van der Waals surface area contributed by atoms with E-state index < -0.39 is 37.0 Å². The van der Waals surface area contributed by atoms with Crippen molar-refractivity contribution in [2.45, 2.75) is 43.8 Å². The van der Waals surface area contributed by atoms with Gasteiger partial charge in [-0.05, 0) is 26.3 Å². The molecule has 1 fully saturated rings. The summed E-state index contributed by atoms with van der Waals surface area (Å²) in [6.45, 7) is -1.41. The molecular formula is C10H15F6NO. The fraction of sp³-hybridized carbons (Fsp3) is 1.00. The summed E-state index contributed by atoms with van der Waals surface area (Å²) < 4.78 is 74.8. The van der Waals surface area contributed by atoms with Crippen molar-refractivity contribution in [1.82, 2.24) is 4.90 Å². The van der Waals surface area contributed by atoms with E-state index in [9.17, 15) is 31.4 Å². The van der Waals surface area contributed by atoms with Crippen LogP contribution < -0.4 is 0 Å². The molecule has 0 amide bonds. The lowest BCUT2D eigenvalue weighted by Crippen LogP contribution is -2.51. The zero-order chi connectivity index (χ0) is 14.1. The minimum atomic E-state index is -4.55. The van der Waals surface area contributed by atoms with Crippen molar-refractivity contribution < 1.29 is 31.4 Å². The molecule has 1 saturated carbocycles. The molecule has 0 radical (unpaired) electrons. The SMILES string of the molecule is CN(CC(F)(F)F)C1CC(O)CCC1C(F)(F)F. The summed E-state index contributed by atoms with van der Waals surface area (Å²) in [5, 5.41) is 9.34. The molecule has 1 N–H and O–H groups in total. The Hall–Kier alpha value is -0.500. The number of halogens is 6. The molecule has 1 aliphatic carbocycles. The third-order valence-electron chi connectivity index (χ3n) is 3.20. The molecule has 0 saturated heterocycles. The molecule has 18 heavy (non-hydrogen) atoms. The van der Waals surface area contributed by atoms with Gasteiger partial charge in [0.25, 0.3) is 0 Å². The van der Waals surface area contributed by atoms with Gasteiger partial charge in [-0.2, -0.15) is 26.3 Å². The molecule has 0 spiro atoms.